The molecule has 0 aliphatic heterocycles. The van der Waals surface area contributed by atoms with Gasteiger partial charge in [0.2, 0.25) is 10.0 Å². The smallest absolute Gasteiger partial charge is 0.242 e. The fourth-order valence-electron chi connectivity index (χ4n) is 2.17. The third kappa shape index (κ3) is 5.23. The lowest BCUT2D eigenvalue weighted by molar-refractivity contribution is 0.300. The molecule has 0 fully saturated rings. The number of sulfonamides is 1. The summed E-state index contributed by atoms with van der Waals surface area (Å²) in [6.07, 6.45) is 1.51. The number of aryl methyl sites for hydroxylation is 1. The van der Waals surface area contributed by atoms with Gasteiger partial charge in [0.15, 0.2) is 0 Å². The first-order valence-electron chi connectivity index (χ1n) is 7.81. The Labute approximate surface area is 149 Å². The van der Waals surface area contributed by atoms with Crippen molar-refractivity contribution in [3.8, 4) is 5.75 Å². The van der Waals surface area contributed by atoms with E-state index in [1.165, 1.54) is 4.31 Å². The van der Waals surface area contributed by atoms with Gasteiger partial charge in [-0.05, 0) is 56.2 Å². The van der Waals surface area contributed by atoms with Gasteiger partial charge in [0.05, 0.1) is 11.5 Å². The van der Waals surface area contributed by atoms with Crippen molar-refractivity contribution < 1.29 is 13.2 Å². The van der Waals surface area contributed by atoms with Gasteiger partial charge in [-0.2, -0.15) is 0 Å². The average molecular weight is 368 g/mol. The number of hydrogen-bond acceptors (Lipinski definition) is 3. The van der Waals surface area contributed by atoms with Crippen LogP contribution in [0, 0.1) is 6.92 Å². The van der Waals surface area contributed by atoms with Gasteiger partial charge in [-0.25, -0.2) is 12.7 Å². The molecule has 0 aliphatic carbocycles. The molecule has 0 heterocycles. The van der Waals surface area contributed by atoms with Crippen molar-refractivity contribution >= 4 is 21.6 Å². The maximum absolute atomic E-state index is 12.4. The second kappa shape index (κ2) is 8.51. The van der Waals surface area contributed by atoms with Gasteiger partial charge in [-0.15, -0.1) is 0 Å². The molecule has 6 heteroatoms. The zero-order valence-electron chi connectivity index (χ0n) is 13.9. The fourth-order valence-corrected chi connectivity index (χ4v) is 3.50. The lowest BCUT2D eigenvalue weighted by Gasteiger charge is -2.17. The zero-order valence-corrected chi connectivity index (χ0v) is 15.5. The summed E-state index contributed by atoms with van der Waals surface area (Å²) in [6.45, 7) is 2.93. The second-order valence-corrected chi connectivity index (χ2v) is 8.13. The summed E-state index contributed by atoms with van der Waals surface area (Å²) in [5, 5.41) is 0.672. The summed E-state index contributed by atoms with van der Waals surface area (Å²) in [6, 6.07) is 14.1. The highest BCUT2D eigenvalue weighted by molar-refractivity contribution is 7.89. The van der Waals surface area contributed by atoms with Crippen LogP contribution in [-0.2, 0) is 10.0 Å². The van der Waals surface area contributed by atoms with Gasteiger partial charge in [0.1, 0.15) is 5.75 Å². The molecule has 0 spiro atoms. The molecule has 2 aromatic carbocycles. The zero-order chi connectivity index (χ0) is 17.6. The van der Waals surface area contributed by atoms with Crippen molar-refractivity contribution in [2.75, 3.05) is 20.2 Å². The molecule has 4 nitrogen and oxygen atoms in total. The first-order valence-corrected chi connectivity index (χ1v) is 9.63. The molecule has 0 saturated carbocycles. The Hall–Kier alpha value is -1.56. The molecular formula is C18H22ClNO3S. The molecule has 0 aliphatic rings. The fraction of sp³-hybridized carbons (Fsp3) is 0.333. The second-order valence-electron chi connectivity index (χ2n) is 5.65. The Morgan fingerprint density at radius 2 is 1.62 bits per heavy atom. The van der Waals surface area contributed by atoms with E-state index in [2.05, 4.69) is 0 Å². The average Bonchev–Trinajstić information content (AvgIpc) is 2.56. The van der Waals surface area contributed by atoms with Gasteiger partial charge >= 0.3 is 0 Å². The first kappa shape index (κ1) is 18.8. The topological polar surface area (TPSA) is 46.6 Å². The minimum absolute atomic E-state index is 0.327. The van der Waals surface area contributed by atoms with Crippen LogP contribution in [0.5, 0.6) is 5.75 Å². The predicted octanol–water partition coefficient (Wildman–Crippen LogP) is 4.13. The minimum atomic E-state index is -3.42. The number of unbranched alkanes of at least 4 members (excludes halogenated alkanes) is 1. The number of ether oxygens (including phenoxy) is 1. The van der Waals surface area contributed by atoms with E-state index in [4.69, 9.17) is 16.3 Å². The van der Waals surface area contributed by atoms with Crippen molar-refractivity contribution in [2.45, 2.75) is 24.7 Å². The van der Waals surface area contributed by atoms with Gasteiger partial charge in [-0.1, -0.05) is 29.3 Å². The molecule has 24 heavy (non-hydrogen) atoms. The first-order chi connectivity index (χ1) is 11.4. The summed E-state index contributed by atoms with van der Waals surface area (Å²) in [5.74, 6) is 0.764. The van der Waals surface area contributed by atoms with Crippen LogP contribution in [0.25, 0.3) is 0 Å². The Morgan fingerprint density at radius 3 is 2.25 bits per heavy atom. The molecule has 0 unspecified atom stereocenters. The van der Waals surface area contributed by atoms with Crippen molar-refractivity contribution in [1.82, 2.24) is 4.31 Å². The van der Waals surface area contributed by atoms with E-state index >= 15 is 0 Å². The molecule has 0 bridgehead atoms. The van der Waals surface area contributed by atoms with Crippen LogP contribution < -0.4 is 4.74 Å². The number of benzene rings is 2. The van der Waals surface area contributed by atoms with E-state index < -0.39 is 10.0 Å². The lowest BCUT2D eigenvalue weighted by Crippen LogP contribution is -2.28. The number of halogens is 1. The minimum Gasteiger partial charge on any atom is -0.494 e. The lowest BCUT2D eigenvalue weighted by atomic mass is 10.2. The highest BCUT2D eigenvalue weighted by Crippen LogP contribution is 2.17. The highest BCUT2D eigenvalue weighted by Gasteiger charge is 2.19. The quantitative estimate of drug-likeness (QED) is 0.659. The van der Waals surface area contributed by atoms with E-state index in [0.29, 0.717) is 23.1 Å². The molecule has 2 aromatic rings. The molecule has 0 N–H and O–H groups in total. The molecule has 130 valence electrons. The Bertz CT molecular complexity index is 743. The molecule has 0 amide bonds. The SMILES string of the molecule is Cc1ccc(S(=O)(=O)N(C)CCCCOc2ccc(Cl)cc2)cc1. The Kier molecular flexibility index (Phi) is 6.66. The molecule has 0 radical (unpaired) electrons. The molecule has 0 atom stereocenters. The molecule has 2 rings (SSSR count). The normalized spacial score (nSPS) is 11.7. The van der Waals surface area contributed by atoms with Crippen LogP contribution in [0.2, 0.25) is 5.02 Å². The van der Waals surface area contributed by atoms with Gasteiger partial charge in [0.25, 0.3) is 0 Å². The van der Waals surface area contributed by atoms with Crippen LogP contribution in [0.3, 0.4) is 0 Å². The van der Waals surface area contributed by atoms with Crippen molar-refractivity contribution in [2.24, 2.45) is 0 Å². The third-order valence-corrected chi connectivity index (χ3v) is 5.80. The van der Waals surface area contributed by atoms with Crippen molar-refractivity contribution in [3.05, 3.63) is 59.1 Å². The van der Waals surface area contributed by atoms with Crippen LogP contribution >= 0.6 is 11.6 Å². The van der Waals surface area contributed by atoms with E-state index in [-0.39, 0.29) is 0 Å². The molecular weight excluding hydrogens is 346 g/mol. The maximum atomic E-state index is 12.4. The summed E-state index contributed by atoms with van der Waals surface area (Å²) >= 11 is 5.81. The summed E-state index contributed by atoms with van der Waals surface area (Å²) in [4.78, 5) is 0.327. The molecule has 0 aromatic heterocycles. The monoisotopic (exact) mass is 367 g/mol. The van der Waals surface area contributed by atoms with Crippen LogP contribution in [-0.4, -0.2) is 32.9 Å². The van der Waals surface area contributed by atoms with Gasteiger partial charge in [-0.3, -0.25) is 0 Å². The van der Waals surface area contributed by atoms with E-state index in [1.54, 1.807) is 43.4 Å². The van der Waals surface area contributed by atoms with Gasteiger partial charge in [0, 0.05) is 18.6 Å². The van der Waals surface area contributed by atoms with E-state index in [9.17, 15) is 8.42 Å². The van der Waals surface area contributed by atoms with Crippen LogP contribution in [0.15, 0.2) is 53.4 Å². The predicted molar refractivity (Wildman–Crippen MR) is 97.2 cm³/mol. The van der Waals surface area contributed by atoms with E-state index in [0.717, 1.165) is 24.2 Å². The van der Waals surface area contributed by atoms with Crippen LogP contribution in [0.4, 0.5) is 0 Å². The van der Waals surface area contributed by atoms with Crippen molar-refractivity contribution in [3.63, 3.8) is 0 Å². The van der Waals surface area contributed by atoms with Crippen molar-refractivity contribution in [1.29, 1.82) is 0 Å². The summed E-state index contributed by atoms with van der Waals surface area (Å²) < 4.78 is 31.9. The molecule has 0 saturated heterocycles. The third-order valence-electron chi connectivity index (χ3n) is 3.68. The van der Waals surface area contributed by atoms with Crippen LogP contribution in [0.1, 0.15) is 18.4 Å². The maximum Gasteiger partial charge on any atom is 0.242 e. The number of hydrogen-bond donors (Lipinski definition) is 0. The number of rotatable bonds is 8. The van der Waals surface area contributed by atoms with E-state index in [1.807, 2.05) is 19.1 Å². The Balaban J connectivity index is 1.77. The standard InChI is InChI=1S/C18H22ClNO3S/c1-15-5-11-18(12-6-15)24(21,22)20(2)13-3-4-14-23-17-9-7-16(19)8-10-17/h5-12H,3-4,13-14H2,1-2H3. The summed E-state index contributed by atoms with van der Waals surface area (Å²) in [7, 11) is -1.82. The number of nitrogens with zero attached hydrogens (tertiary/aromatic N) is 1. The highest BCUT2D eigenvalue weighted by atomic mass is 35.5. The van der Waals surface area contributed by atoms with Gasteiger partial charge < -0.3 is 4.74 Å². The summed E-state index contributed by atoms with van der Waals surface area (Å²) in [5.41, 5.74) is 1.04. The largest absolute Gasteiger partial charge is 0.494 e. The Morgan fingerprint density at radius 1 is 1.00 bits per heavy atom.